The van der Waals surface area contributed by atoms with E-state index in [-0.39, 0.29) is 11.0 Å². The fraction of sp³-hybridized carbons (Fsp3) is 0.500. The first-order valence-corrected chi connectivity index (χ1v) is 11.9. The van der Waals surface area contributed by atoms with Gasteiger partial charge in [0.15, 0.2) is 0 Å². The van der Waals surface area contributed by atoms with Gasteiger partial charge in [0.05, 0.1) is 4.90 Å². The van der Waals surface area contributed by atoms with Crippen molar-refractivity contribution >= 4 is 10.0 Å². The van der Waals surface area contributed by atoms with Gasteiger partial charge in [-0.2, -0.15) is 4.31 Å². The summed E-state index contributed by atoms with van der Waals surface area (Å²) in [7, 11) is -3.58. The van der Waals surface area contributed by atoms with Crippen LogP contribution in [0.2, 0.25) is 0 Å². The minimum atomic E-state index is -3.58. The number of likely N-dealkylation sites (tertiary alicyclic amines) is 1. The van der Waals surface area contributed by atoms with Crippen molar-refractivity contribution in [2.45, 2.75) is 49.6 Å². The van der Waals surface area contributed by atoms with Crippen molar-refractivity contribution in [3.63, 3.8) is 0 Å². The molecule has 2 fully saturated rings. The first-order chi connectivity index (χ1) is 14.4. The van der Waals surface area contributed by atoms with Gasteiger partial charge in [0.25, 0.3) is 0 Å². The Bertz CT molecular complexity index is 955. The predicted molar refractivity (Wildman–Crippen MR) is 112 cm³/mol. The van der Waals surface area contributed by atoms with Crippen molar-refractivity contribution in [1.82, 2.24) is 14.2 Å². The highest BCUT2D eigenvalue weighted by Gasteiger charge is 2.34. The Morgan fingerprint density at radius 3 is 2.30 bits per heavy atom. The normalized spacial score (nSPS) is 20.3. The molecule has 0 aliphatic carbocycles. The highest BCUT2D eigenvalue weighted by Crippen LogP contribution is 2.27. The Morgan fingerprint density at radius 1 is 1.00 bits per heavy atom. The van der Waals surface area contributed by atoms with E-state index in [0.717, 1.165) is 44.5 Å². The zero-order valence-electron chi connectivity index (χ0n) is 17.2. The molecule has 6 nitrogen and oxygen atoms in total. The molecule has 1 aromatic heterocycles. The van der Waals surface area contributed by atoms with Crippen LogP contribution in [-0.4, -0.2) is 60.9 Å². The molecule has 162 valence electrons. The van der Waals surface area contributed by atoms with E-state index in [1.54, 1.807) is 23.6 Å². The molecule has 2 aliphatic rings. The molecule has 1 aromatic carbocycles. The standard InChI is InChI=1S/C22H28FN3O3S/c1-17-16-18(23)2-3-22(17)30(27,28)26-14-6-19(7-15-26)25-12-8-21(9-13-25)29-20-4-10-24-11-5-20/h2-5,10-11,16,19,21H,6-9,12-15H2,1H3. The average Bonchev–Trinajstić information content (AvgIpc) is 2.75. The first-order valence-electron chi connectivity index (χ1n) is 10.5. The van der Waals surface area contributed by atoms with Crippen LogP contribution in [0.15, 0.2) is 47.6 Å². The molecule has 30 heavy (non-hydrogen) atoms. The lowest BCUT2D eigenvalue weighted by Gasteiger charge is -2.41. The molecule has 0 radical (unpaired) electrons. The van der Waals surface area contributed by atoms with Crippen LogP contribution >= 0.6 is 0 Å². The third-order valence-electron chi connectivity index (χ3n) is 6.12. The van der Waals surface area contributed by atoms with Gasteiger partial charge < -0.3 is 9.64 Å². The fourth-order valence-electron chi connectivity index (χ4n) is 4.46. The maximum atomic E-state index is 13.4. The number of aryl methyl sites for hydroxylation is 1. The summed E-state index contributed by atoms with van der Waals surface area (Å²) in [5.74, 6) is 0.444. The number of aromatic nitrogens is 1. The Balaban J connectivity index is 1.30. The van der Waals surface area contributed by atoms with Gasteiger partial charge in [0.1, 0.15) is 17.7 Å². The summed E-state index contributed by atoms with van der Waals surface area (Å²) in [4.78, 5) is 6.69. The van der Waals surface area contributed by atoms with E-state index in [1.807, 2.05) is 12.1 Å². The number of hydrogen-bond acceptors (Lipinski definition) is 5. The summed E-state index contributed by atoms with van der Waals surface area (Å²) >= 11 is 0. The highest BCUT2D eigenvalue weighted by atomic mass is 32.2. The summed E-state index contributed by atoms with van der Waals surface area (Å²) in [6.07, 6.45) is 7.25. The molecular formula is C22H28FN3O3S. The third kappa shape index (κ3) is 4.66. The van der Waals surface area contributed by atoms with Crippen LogP contribution < -0.4 is 4.74 Å². The Labute approximate surface area is 177 Å². The smallest absolute Gasteiger partial charge is 0.243 e. The number of benzene rings is 1. The second-order valence-electron chi connectivity index (χ2n) is 8.08. The molecule has 0 atom stereocenters. The molecule has 2 aliphatic heterocycles. The maximum absolute atomic E-state index is 13.4. The molecule has 0 N–H and O–H groups in total. The molecule has 2 aromatic rings. The summed E-state index contributed by atoms with van der Waals surface area (Å²) in [5.41, 5.74) is 0.452. The number of halogens is 1. The lowest BCUT2D eigenvalue weighted by Crippen LogP contribution is -2.50. The first kappa shape index (κ1) is 21.2. The van der Waals surface area contributed by atoms with E-state index in [9.17, 15) is 12.8 Å². The van der Waals surface area contributed by atoms with Crippen molar-refractivity contribution in [1.29, 1.82) is 0 Å². The van der Waals surface area contributed by atoms with Gasteiger partial charge >= 0.3 is 0 Å². The molecule has 0 amide bonds. The number of rotatable bonds is 5. The van der Waals surface area contributed by atoms with Crippen LogP contribution in [0.4, 0.5) is 4.39 Å². The average molecular weight is 434 g/mol. The number of piperidine rings is 2. The minimum absolute atomic E-state index is 0.205. The number of hydrogen-bond donors (Lipinski definition) is 0. The van der Waals surface area contributed by atoms with Crippen LogP contribution in [0.3, 0.4) is 0 Å². The van der Waals surface area contributed by atoms with Crippen molar-refractivity contribution < 1.29 is 17.5 Å². The van der Waals surface area contributed by atoms with Crippen molar-refractivity contribution in [3.05, 3.63) is 54.1 Å². The van der Waals surface area contributed by atoms with Gasteiger partial charge in [0, 0.05) is 44.6 Å². The summed E-state index contributed by atoms with van der Waals surface area (Å²) < 4.78 is 46.9. The van der Waals surface area contributed by atoms with E-state index in [0.29, 0.717) is 24.7 Å². The molecule has 8 heteroatoms. The molecule has 4 rings (SSSR count). The van der Waals surface area contributed by atoms with E-state index >= 15 is 0 Å². The van der Waals surface area contributed by atoms with Crippen molar-refractivity contribution in [2.24, 2.45) is 0 Å². The van der Waals surface area contributed by atoms with Gasteiger partial charge in [-0.1, -0.05) is 0 Å². The third-order valence-corrected chi connectivity index (χ3v) is 8.18. The van der Waals surface area contributed by atoms with Crippen LogP contribution in [0.25, 0.3) is 0 Å². The van der Waals surface area contributed by atoms with Gasteiger partial charge in [-0.3, -0.25) is 4.98 Å². The largest absolute Gasteiger partial charge is 0.490 e. The SMILES string of the molecule is Cc1cc(F)ccc1S(=O)(=O)N1CCC(N2CCC(Oc3ccncc3)CC2)CC1. The van der Waals surface area contributed by atoms with Crippen LogP contribution in [0.5, 0.6) is 5.75 Å². The van der Waals surface area contributed by atoms with E-state index in [4.69, 9.17) is 4.74 Å². The quantitative estimate of drug-likeness (QED) is 0.725. The number of nitrogens with zero attached hydrogens (tertiary/aromatic N) is 3. The Morgan fingerprint density at radius 2 is 1.67 bits per heavy atom. The van der Waals surface area contributed by atoms with Gasteiger partial charge in [0.2, 0.25) is 10.0 Å². The summed E-state index contributed by atoms with van der Waals surface area (Å²) in [6.45, 7) is 4.56. The molecule has 0 unspecified atom stereocenters. The second kappa shape index (κ2) is 8.99. The van der Waals surface area contributed by atoms with Crippen molar-refractivity contribution in [2.75, 3.05) is 26.2 Å². The van der Waals surface area contributed by atoms with E-state index in [1.165, 1.54) is 18.2 Å². The molecular weight excluding hydrogens is 405 g/mol. The number of sulfonamides is 1. The van der Waals surface area contributed by atoms with Gasteiger partial charge in [-0.15, -0.1) is 0 Å². The Hall–Kier alpha value is -2.03. The van der Waals surface area contributed by atoms with E-state index < -0.39 is 15.8 Å². The lowest BCUT2D eigenvalue weighted by molar-refractivity contribution is 0.0585. The Kier molecular flexibility index (Phi) is 6.36. The van der Waals surface area contributed by atoms with Crippen LogP contribution in [-0.2, 0) is 10.0 Å². The topological polar surface area (TPSA) is 62.7 Å². The number of pyridine rings is 1. The maximum Gasteiger partial charge on any atom is 0.243 e. The zero-order chi connectivity index (χ0) is 21.1. The molecule has 0 spiro atoms. The monoisotopic (exact) mass is 433 g/mol. The molecule has 3 heterocycles. The lowest BCUT2D eigenvalue weighted by atomic mass is 10.00. The zero-order valence-corrected chi connectivity index (χ0v) is 18.0. The molecule has 0 saturated carbocycles. The van der Waals surface area contributed by atoms with Crippen molar-refractivity contribution in [3.8, 4) is 5.75 Å². The summed E-state index contributed by atoms with van der Waals surface area (Å²) in [6, 6.07) is 8.02. The number of ether oxygens (including phenoxy) is 1. The predicted octanol–water partition coefficient (Wildman–Crippen LogP) is 3.23. The van der Waals surface area contributed by atoms with Crippen LogP contribution in [0.1, 0.15) is 31.2 Å². The fourth-order valence-corrected chi connectivity index (χ4v) is 6.13. The highest BCUT2D eigenvalue weighted by molar-refractivity contribution is 7.89. The van der Waals surface area contributed by atoms with Crippen LogP contribution in [0, 0.1) is 12.7 Å². The molecule has 0 bridgehead atoms. The van der Waals surface area contributed by atoms with Gasteiger partial charge in [-0.05, 0) is 68.5 Å². The molecule has 2 saturated heterocycles. The van der Waals surface area contributed by atoms with Gasteiger partial charge in [-0.25, -0.2) is 12.8 Å². The summed E-state index contributed by atoms with van der Waals surface area (Å²) in [5, 5.41) is 0. The minimum Gasteiger partial charge on any atom is -0.490 e. The van der Waals surface area contributed by atoms with E-state index in [2.05, 4.69) is 9.88 Å². The second-order valence-corrected chi connectivity index (χ2v) is 9.99.